The van der Waals surface area contributed by atoms with E-state index in [1.54, 1.807) is 36.5 Å². The monoisotopic (exact) mass is 1030 g/mol. The van der Waals surface area contributed by atoms with Gasteiger partial charge in [0.05, 0.1) is 6.04 Å². The van der Waals surface area contributed by atoms with Crippen molar-refractivity contribution in [3.63, 3.8) is 0 Å². The van der Waals surface area contributed by atoms with E-state index in [4.69, 9.17) is 28.7 Å². The molecule has 0 bridgehead atoms. The summed E-state index contributed by atoms with van der Waals surface area (Å²) in [4.78, 5) is 135. The van der Waals surface area contributed by atoms with Crippen LogP contribution in [0.25, 0.3) is 10.9 Å². The smallest absolute Gasteiger partial charge is 0.326 e. The van der Waals surface area contributed by atoms with Gasteiger partial charge in [0.1, 0.15) is 35.7 Å². The Hall–Kier alpha value is -7.69. The normalized spacial score (nSPS) is 21.5. The number of ketones is 3. The van der Waals surface area contributed by atoms with Crippen LogP contribution in [-0.4, -0.2) is 125 Å². The molecule has 4 rings (SSSR count). The molecule has 0 radical (unpaired) electrons. The van der Waals surface area contributed by atoms with E-state index in [0.29, 0.717) is 11.1 Å². The number of fused-ring (bicyclic) bond motifs is 1. The summed E-state index contributed by atoms with van der Waals surface area (Å²) in [6, 6.07) is 9.58. The Morgan fingerprint density at radius 2 is 1.39 bits per heavy atom. The van der Waals surface area contributed by atoms with E-state index in [2.05, 4.69) is 41.6 Å². The largest absolute Gasteiger partial charge is 0.480 e. The number of carbonyl (C=O) groups is 9. The summed E-state index contributed by atoms with van der Waals surface area (Å²) in [5.74, 6) is -8.78. The molecule has 0 spiro atoms. The number of H-pyrrole nitrogens is 1. The van der Waals surface area contributed by atoms with Gasteiger partial charge in [0, 0.05) is 74.6 Å². The van der Waals surface area contributed by atoms with Crippen LogP contribution in [0.3, 0.4) is 0 Å². The number of aromatic nitrogens is 1. The molecular formula is C51H73N13O10. The number of nitrogens with one attached hydrogen (secondary N) is 6. The summed E-state index contributed by atoms with van der Waals surface area (Å²) in [7, 11) is 0. The molecule has 2 aromatic carbocycles. The fourth-order valence-corrected chi connectivity index (χ4v) is 8.82. The quantitative estimate of drug-likeness (QED) is 0.0454. The maximum Gasteiger partial charge on any atom is 0.326 e. The minimum atomic E-state index is -1.42. The van der Waals surface area contributed by atoms with Crippen molar-refractivity contribution in [3.05, 3.63) is 71.9 Å². The van der Waals surface area contributed by atoms with Crippen LogP contribution in [-0.2, 0) is 56.0 Å². The molecule has 402 valence electrons. The molecule has 1 fully saturated rings. The molecule has 3 aromatic rings. The molecule has 74 heavy (non-hydrogen) atoms. The first-order valence-electron chi connectivity index (χ1n) is 25.0. The Kier molecular flexibility index (Phi) is 24.2. The van der Waals surface area contributed by atoms with E-state index in [9.17, 15) is 48.3 Å². The highest BCUT2D eigenvalue weighted by molar-refractivity contribution is 5.98. The number of carboxylic acids is 1. The van der Waals surface area contributed by atoms with E-state index >= 15 is 0 Å². The summed E-state index contributed by atoms with van der Waals surface area (Å²) < 4.78 is 0. The second-order valence-electron chi connectivity index (χ2n) is 18.6. The average Bonchev–Trinajstić information content (AvgIpc) is 3.76. The lowest BCUT2D eigenvalue weighted by Crippen LogP contribution is -2.58. The number of aromatic amines is 1. The number of aliphatic carboxylic acids is 1. The molecule has 0 unspecified atom stereocenters. The number of carbonyl (C=O) groups excluding carboxylic acids is 8. The van der Waals surface area contributed by atoms with E-state index in [-0.39, 0.29) is 127 Å². The van der Waals surface area contributed by atoms with Gasteiger partial charge >= 0.3 is 5.97 Å². The highest BCUT2D eigenvalue weighted by atomic mass is 16.4. The summed E-state index contributed by atoms with van der Waals surface area (Å²) in [6.07, 6.45) is 1.34. The molecular weight excluding hydrogens is 955 g/mol. The van der Waals surface area contributed by atoms with Gasteiger partial charge in [-0.1, -0.05) is 55.0 Å². The van der Waals surface area contributed by atoms with Gasteiger partial charge in [0.2, 0.25) is 29.5 Å². The summed E-state index contributed by atoms with van der Waals surface area (Å²) in [5.41, 5.74) is 30.1. The summed E-state index contributed by atoms with van der Waals surface area (Å²) in [5, 5.41) is 24.3. The van der Waals surface area contributed by atoms with Crippen LogP contribution >= 0.6 is 0 Å². The SMILES string of the molecule is CC(=O)N[C@@H](CCCN=C(N)N)C(=O)N[C@H]1CCC(=O)CCCC[C@@H](C(=O)O)NC(=O)[C@H](Cc2c[nH]c3ccccc23)CC(=O)[C@H](CCCN=C(N)N)CC(=O)[C@@H](Cc2ccccc2)NC(=O)[C@H](CCN)NC1=O. The van der Waals surface area contributed by atoms with Crippen molar-refractivity contribution in [1.29, 1.82) is 0 Å². The number of hydrogen-bond acceptors (Lipinski definition) is 12. The number of benzene rings is 2. The lowest BCUT2D eigenvalue weighted by atomic mass is 9.83. The minimum Gasteiger partial charge on any atom is -0.480 e. The molecule has 0 aliphatic carbocycles. The van der Waals surface area contributed by atoms with Crippen molar-refractivity contribution in [2.24, 2.45) is 50.5 Å². The van der Waals surface area contributed by atoms with Crippen LogP contribution in [0.4, 0.5) is 0 Å². The van der Waals surface area contributed by atoms with Crippen LogP contribution < -0.4 is 55.3 Å². The number of guanidine groups is 2. The van der Waals surface area contributed by atoms with Gasteiger partial charge in [-0.05, 0) is 87.9 Å². The van der Waals surface area contributed by atoms with Crippen molar-refractivity contribution < 1.29 is 48.3 Å². The van der Waals surface area contributed by atoms with Crippen LogP contribution in [0, 0.1) is 11.8 Å². The van der Waals surface area contributed by atoms with Crippen LogP contribution in [0.15, 0.2) is 70.8 Å². The molecule has 17 N–H and O–H groups in total. The first kappa shape index (κ1) is 58.9. The Morgan fingerprint density at radius 3 is 2.07 bits per heavy atom. The molecule has 1 aromatic heterocycles. The highest BCUT2D eigenvalue weighted by Gasteiger charge is 2.35. The number of amides is 5. The molecule has 23 heteroatoms. The topological polar surface area (TPSA) is 405 Å². The summed E-state index contributed by atoms with van der Waals surface area (Å²) >= 11 is 0. The van der Waals surface area contributed by atoms with Crippen molar-refractivity contribution in [3.8, 4) is 0 Å². The highest BCUT2D eigenvalue weighted by Crippen LogP contribution is 2.26. The van der Waals surface area contributed by atoms with Crippen LogP contribution in [0.5, 0.6) is 0 Å². The number of para-hydroxylation sites is 1. The van der Waals surface area contributed by atoms with Crippen molar-refractivity contribution >= 4 is 75.7 Å². The Bertz CT molecular complexity index is 2470. The first-order chi connectivity index (χ1) is 35.3. The molecule has 1 aliphatic heterocycles. The fraction of sp³-hybridized carbons (Fsp3) is 0.510. The molecule has 0 saturated carbocycles. The van der Waals surface area contributed by atoms with Gasteiger partial charge in [-0.2, -0.15) is 0 Å². The van der Waals surface area contributed by atoms with Crippen molar-refractivity contribution in [1.82, 2.24) is 31.6 Å². The molecule has 5 amide bonds. The number of aliphatic imine (C=N–C) groups is 2. The lowest BCUT2D eigenvalue weighted by molar-refractivity contribution is -0.143. The van der Waals surface area contributed by atoms with Gasteiger partial charge in [0.15, 0.2) is 17.7 Å². The average molecular weight is 1030 g/mol. The van der Waals surface area contributed by atoms with Gasteiger partial charge in [-0.3, -0.25) is 48.3 Å². The summed E-state index contributed by atoms with van der Waals surface area (Å²) in [6.45, 7) is 1.36. The van der Waals surface area contributed by atoms with E-state index in [0.717, 1.165) is 10.9 Å². The second kappa shape index (κ2) is 30.4. The maximum atomic E-state index is 14.7. The zero-order valence-electron chi connectivity index (χ0n) is 41.9. The number of carboxylic acid groups (broad SMARTS) is 1. The van der Waals surface area contributed by atoms with Gasteiger partial charge < -0.3 is 65.3 Å². The van der Waals surface area contributed by atoms with Gasteiger partial charge in [0.25, 0.3) is 0 Å². The third kappa shape index (κ3) is 20.1. The number of rotatable bonds is 18. The zero-order valence-corrected chi connectivity index (χ0v) is 41.9. The Labute approximate surface area is 429 Å². The zero-order chi connectivity index (χ0) is 54.2. The fourth-order valence-electron chi connectivity index (χ4n) is 8.82. The van der Waals surface area contributed by atoms with Crippen molar-refractivity contribution in [2.45, 2.75) is 133 Å². The molecule has 1 aliphatic rings. The predicted octanol–water partition coefficient (Wildman–Crippen LogP) is 0.0117. The molecule has 1 saturated heterocycles. The van der Waals surface area contributed by atoms with E-state index in [1.165, 1.54) is 6.92 Å². The molecule has 2 heterocycles. The molecule has 23 nitrogen and oxygen atoms in total. The first-order valence-corrected chi connectivity index (χ1v) is 25.0. The number of nitrogens with two attached hydrogens (primary N) is 5. The Morgan fingerprint density at radius 1 is 0.730 bits per heavy atom. The van der Waals surface area contributed by atoms with E-state index in [1.807, 2.05) is 24.3 Å². The minimum absolute atomic E-state index is 0.0275. The lowest BCUT2D eigenvalue weighted by Gasteiger charge is -2.27. The number of hydrogen-bond donors (Lipinski definition) is 12. The van der Waals surface area contributed by atoms with Crippen LogP contribution in [0.1, 0.15) is 102 Å². The third-order valence-corrected chi connectivity index (χ3v) is 12.7. The van der Waals surface area contributed by atoms with E-state index < -0.39 is 95.5 Å². The van der Waals surface area contributed by atoms with Gasteiger partial charge in [-0.15, -0.1) is 0 Å². The third-order valence-electron chi connectivity index (χ3n) is 12.7. The number of Topliss-reactive ketones (excluding diaryl/α,β-unsaturated/α-hetero) is 3. The number of nitrogens with zero attached hydrogens (tertiary/aromatic N) is 2. The maximum absolute atomic E-state index is 14.7. The Balaban J connectivity index is 1.75. The van der Waals surface area contributed by atoms with Crippen molar-refractivity contribution in [2.75, 3.05) is 19.6 Å². The standard InChI is InChI=1S/C51H73N13O10/c1-30(65)60-38(18-10-24-58-51(55)56)46(70)61-39-20-19-35(66)14-5-7-17-41(49(73)74)63-45(69)33(26-34-29-59-37-16-8-6-15-36(34)37)28-43(67)32(13-9-23-57-50(53)54)27-44(68)42(25-31-11-3-2-4-12-31)64-48(72)40(21-22-52)62-47(39)71/h2-4,6,8,11-12,15-16,29,32-33,38-42,59H,5,7,9-10,13-14,17-28,52H2,1H3,(H,60,65)(H,61,70)(H,62,71)(H,63,69)(H,64,72)(H,73,74)(H4,53,54,57)(H4,55,56,58)/t32-,33-,38+,39+,40+,41+,42-/m1/s1. The second-order valence-corrected chi connectivity index (χ2v) is 18.6. The predicted molar refractivity (Wildman–Crippen MR) is 278 cm³/mol. The van der Waals surface area contributed by atoms with Gasteiger partial charge in [-0.25, -0.2) is 4.79 Å². The van der Waals surface area contributed by atoms with Crippen LogP contribution in [0.2, 0.25) is 0 Å². The molecule has 7 atom stereocenters.